The first-order valence-corrected chi connectivity index (χ1v) is 7.15. The van der Waals surface area contributed by atoms with E-state index in [2.05, 4.69) is 14.7 Å². The Hall–Kier alpha value is -1.70. The van der Waals surface area contributed by atoms with Gasteiger partial charge in [-0.3, -0.25) is 0 Å². The lowest BCUT2D eigenvalue weighted by atomic mass is 10.2. The zero-order valence-electron chi connectivity index (χ0n) is 9.75. The number of nitrogens with one attached hydrogen (secondary N) is 1. The van der Waals surface area contributed by atoms with Gasteiger partial charge < -0.3 is 5.73 Å². The number of nitrogens with zero attached hydrogens (tertiary/aromatic N) is 2. The Kier molecular flexibility index (Phi) is 3.98. The van der Waals surface area contributed by atoms with Crippen LogP contribution in [0.1, 0.15) is 5.56 Å². The molecule has 0 spiro atoms. The summed E-state index contributed by atoms with van der Waals surface area (Å²) >= 11 is 5.95. The molecule has 0 bridgehead atoms. The van der Waals surface area contributed by atoms with Crippen LogP contribution in [0.5, 0.6) is 0 Å². The molecule has 0 unspecified atom stereocenters. The molecule has 0 saturated heterocycles. The Morgan fingerprint density at radius 2 is 2.05 bits per heavy atom. The van der Waals surface area contributed by atoms with Crippen molar-refractivity contribution in [3.05, 3.63) is 47.4 Å². The number of benzene rings is 1. The van der Waals surface area contributed by atoms with Crippen molar-refractivity contribution in [3.63, 3.8) is 0 Å². The molecule has 0 aliphatic rings. The molecule has 8 heteroatoms. The van der Waals surface area contributed by atoms with E-state index in [0.29, 0.717) is 10.6 Å². The van der Waals surface area contributed by atoms with Gasteiger partial charge >= 0.3 is 0 Å². The zero-order chi connectivity index (χ0) is 13.9. The van der Waals surface area contributed by atoms with E-state index in [1.807, 2.05) is 0 Å². The highest BCUT2D eigenvalue weighted by Gasteiger charge is 2.18. The molecule has 0 atom stereocenters. The van der Waals surface area contributed by atoms with Gasteiger partial charge in [-0.05, 0) is 11.6 Å². The highest BCUT2D eigenvalue weighted by Crippen LogP contribution is 2.17. The molecule has 19 heavy (non-hydrogen) atoms. The lowest BCUT2D eigenvalue weighted by molar-refractivity contribution is 0.581. The molecule has 2 aromatic rings. The molecule has 0 aliphatic heterocycles. The summed E-state index contributed by atoms with van der Waals surface area (Å²) in [5, 5.41) is 0.488. The van der Waals surface area contributed by atoms with Crippen LogP contribution in [-0.2, 0) is 16.6 Å². The van der Waals surface area contributed by atoms with E-state index < -0.39 is 10.0 Å². The van der Waals surface area contributed by atoms with Crippen LogP contribution in [-0.4, -0.2) is 18.4 Å². The SMILES string of the molecule is Nc1ncncc1S(=O)(=O)NCc1ccccc1Cl. The molecule has 0 fully saturated rings. The Morgan fingerprint density at radius 3 is 2.74 bits per heavy atom. The van der Waals surface area contributed by atoms with Crippen LogP contribution in [0.15, 0.2) is 41.7 Å². The third-order valence-electron chi connectivity index (χ3n) is 2.41. The van der Waals surface area contributed by atoms with E-state index in [9.17, 15) is 8.42 Å². The van der Waals surface area contributed by atoms with E-state index in [-0.39, 0.29) is 17.3 Å². The number of hydrogen-bond acceptors (Lipinski definition) is 5. The lowest BCUT2D eigenvalue weighted by Gasteiger charge is -2.08. The molecular weight excluding hydrogens is 288 g/mol. The number of anilines is 1. The molecule has 0 saturated carbocycles. The van der Waals surface area contributed by atoms with Crippen molar-refractivity contribution >= 4 is 27.4 Å². The van der Waals surface area contributed by atoms with Crippen LogP contribution in [0.25, 0.3) is 0 Å². The van der Waals surface area contributed by atoms with Crippen molar-refractivity contribution in [2.75, 3.05) is 5.73 Å². The predicted molar refractivity (Wildman–Crippen MR) is 71.9 cm³/mol. The zero-order valence-corrected chi connectivity index (χ0v) is 11.3. The maximum Gasteiger partial charge on any atom is 0.246 e. The highest BCUT2D eigenvalue weighted by atomic mass is 35.5. The summed E-state index contributed by atoms with van der Waals surface area (Å²) in [5.74, 6) is -0.0957. The summed E-state index contributed by atoms with van der Waals surface area (Å²) in [6, 6.07) is 6.96. The second-order valence-corrected chi connectivity index (χ2v) is 5.83. The number of aromatic nitrogens is 2. The number of hydrogen-bond donors (Lipinski definition) is 2. The van der Waals surface area contributed by atoms with Crippen LogP contribution in [0.4, 0.5) is 5.82 Å². The largest absolute Gasteiger partial charge is 0.382 e. The fourth-order valence-corrected chi connectivity index (χ4v) is 2.66. The lowest BCUT2D eigenvalue weighted by Crippen LogP contribution is -2.24. The first-order valence-electron chi connectivity index (χ1n) is 5.29. The summed E-state index contributed by atoms with van der Waals surface area (Å²) in [4.78, 5) is 7.14. The predicted octanol–water partition coefficient (Wildman–Crippen LogP) is 1.19. The first kappa shape index (κ1) is 13.7. The van der Waals surface area contributed by atoms with Crippen molar-refractivity contribution < 1.29 is 8.42 Å². The van der Waals surface area contributed by atoms with Gasteiger partial charge in [0.15, 0.2) is 0 Å². The van der Waals surface area contributed by atoms with Crippen molar-refractivity contribution in [3.8, 4) is 0 Å². The first-order chi connectivity index (χ1) is 9.00. The van der Waals surface area contributed by atoms with E-state index in [1.165, 1.54) is 6.33 Å². The number of halogens is 1. The molecule has 0 radical (unpaired) electrons. The number of nitrogens with two attached hydrogens (primary N) is 1. The van der Waals surface area contributed by atoms with Gasteiger partial charge in [0.2, 0.25) is 10.0 Å². The molecule has 1 heterocycles. The van der Waals surface area contributed by atoms with Gasteiger partial charge in [-0.15, -0.1) is 0 Å². The van der Waals surface area contributed by atoms with E-state index >= 15 is 0 Å². The van der Waals surface area contributed by atoms with Gasteiger partial charge in [0.25, 0.3) is 0 Å². The summed E-state index contributed by atoms with van der Waals surface area (Å²) < 4.78 is 26.4. The van der Waals surface area contributed by atoms with Crippen molar-refractivity contribution in [2.45, 2.75) is 11.4 Å². The van der Waals surface area contributed by atoms with Gasteiger partial charge in [0.05, 0.1) is 6.20 Å². The van der Waals surface area contributed by atoms with Crippen molar-refractivity contribution in [1.82, 2.24) is 14.7 Å². The topological polar surface area (TPSA) is 98.0 Å². The molecule has 2 rings (SSSR count). The average Bonchev–Trinajstić information content (AvgIpc) is 2.38. The maximum absolute atomic E-state index is 12.0. The van der Waals surface area contributed by atoms with Crippen LogP contribution in [0.2, 0.25) is 5.02 Å². The fraction of sp³-hybridized carbons (Fsp3) is 0.0909. The van der Waals surface area contributed by atoms with Crippen molar-refractivity contribution in [1.29, 1.82) is 0 Å². The van der Waals surface area contributed by atoms with Crippen LogP contribution in [0, 0.1) is 0 Å². The molecule has 100 valence electrons. The fourth-order valence-electron chi connectivity index (χ4n) is 1.43. The Labute approximate surface area is 115 Å². The normalized spacial score (nSPS) is 11.4. The summed E-state index contributed by atoms with van der Waals surface area (Å²) in [5.41, 5.74) is 6.18. The Bertz CT molecular complexity index is 691. The minimum absolute atomic E-state index is 0.0658. The van der Waals surface area contributed by atoms with Gasteiger partial charge in [-0.25, -0.2) is 23.1 Å². The van der Waals surface area contributed by atoms with E-state index in [0.717, 1.165) is 6.20 Å². The van der Waals surface area contributed by atoms with Crippen LogP contribution >= 0.6 is 11.6 Å². The third kappa shape index (κ3) is 3.19. The summed E-state index contributed by atoms with van der Waals surface area (Å²) in [7, 11) is -3.76. The highest BCUT2D eigenvalue weighted by molar-refractivity contribution is 7.89. The molecular formula is C11H11ClN4O2S. The molecule has 0 aliphatic carbocycles. The standard InChI is InChI=1S/C11H11ClN4O2S/c12-9-4-2-1-3-8(9)5-16-19(17,18)10-6-14-7-15-11(10)13/h1-4,6-7,16H,5H2,(H2,13,14,15). The van der Waals surface area contributed by atoms with E-state index in [1.54, 1.807) is 24.3 Å². The van der Waals surface area contributed by atoms with Crippen LogP contribution < -0.4 is 10.5 Å². The molecule has 3 N–H and O–H groups in total. The minimum atomic E-state index is -3.76. The maximum atomic E-state index is 12.0. The number of rotatable bonds is 4. The quantitative estimate of drug-likeness (QED) is 0.883. The van der Waals surface area contributed by atoms with Gasteiger partial charge in [-0.2, -0.15) is 0 Å². The van der Waals surface area contributed by atoms with Crippen LogP contribution in [0.3, 0.4) is 0 Å². The molecule has 0 amide bonds. The summed E-state index contributed by atoms with van der Waals surface area (Å²) in [6.45, 7) is 0.0658. The second kappa shape index (κ2) is 5.52. The second-order valence-electron chi connectivity index (χ2n) is 3.69. The Balaban J connectivity index is 2.20. The molecule has 1 aromatic carbocycles. The van der Waals surface area contributed by atoms with Gasteiger partial charge in [0, 0.05) is 11.6 Å². The number of sulfonamides is 1. The van der Waals surface area contributed by atoms with Crippen molar-refractivity contribution in [2.24, 2.45) is 0 Å². The molecule has 6 nitrogen and oxygen atoms in total. The summed E-state index contributed by atoms with van der Waals surface area (Å²) in [6.07, 6.45) is 2.33. The molecule has 1 aromatic heterocycles. The average molecular weight is 299 g/mol. The van der Waals surface area contributed by atoms with Gasteiger partial charge in [-0.1, -0.05) is 29.8 Å². The monoisotopic (exact) mass is 298 g/mol. The number of nitrogen functional groups attached to an aromatic ring is 1. The van der Waals surface area contributed by atoms with E-state index in [4.69, 9.17) is 17.3 Å². The smallest absolute Gasteiger partial charge is 0.246 e. The Morgan fingerprint density at radius 1 is 1.32 bits per heavy atom. The minimum Gasteiger partial charge on any atom is -0.382 e. The third-order valence-corrected chi connectivity index (χ3v) is 4.19. The van der Waals surface area contributed by atoms with Gasteiger partial charge in [0.1, 0.15) is 17.0 Å².